The number of hydrogen-bond acceptors (Lipinski definition) is 0. The Kier molecular flexibility index (Phi) is 1.79. The van der Waals surface area contributed by atoms with Crippen LogP contribution in [0, 0.1) is 22.7 Å². The lowest BCUT2D eigenvalue weighted by Gasteiger charge is -2.44. The van der Waals surface area contributed by atoms with Gasteiger partial charge in [0.2, 0.25) is 0 Å². The molecule has 0 aromatic heterocycles. The zero-order valence-electron chi connectivity index (χ0n) is 10.7. The van der Waals surface area contributed by atoms with Gasteiger partial charge in [-0.3, -0.25) is 0 Å². The molecular weight excluding hydrogens is 180 g/mol. The lowest BCUT2D eigenvalue weighted by atomic mass is 9.61. The Morgan fingerprint density at radius 3 is 2.20 bits per heavy atom. The Morgan fingerprint density at radius 1 is 1.07 bits per heavy atom. The maximum absolute atomic E-state index is 2.51. The molecule has 0 radical (unpaired) electrons. The Morgan fingerprint density at radius 2 is 1.73 bits per heavy atom. The van der Waals surface area contributed by atoms with Gasteiger partial charge >= 0.3 is 0 Å². The minimum Gasteiger partial charge on any atom is -0.0701 e. The van der Waals surface area contributed by atoms with Gasteiger partial charge in [0.25, 0.3) is 0 Å². The standard InChI is InChI=1S/C15H24/c1-14(2)9-11-8-12(14)13(15(11,3)4)10-6-5-7-10/h11-12H,5-9H2,1-4H3. The molecule has 3 aliphatic carbocycles. The average Bonchev–Trinajstić information content (AvgIpc) is 2.42. The fraction of sp³-hybridized carbons (Fsp3) is 0.867. The largest absolute Gasteiger partial charge is 0.0701 e. The molecule has 0 heterocycles. The van der Waals surface area contributed by atoms with E-state index in [-0.39, 0.29) is 0 Å². The average molecular weight is 204 g/mol. The summed E-state index contributed by atoms with van der Waals surface area (Å²) in [5.41, 5.74) is 4.88. The van der Waals surface area contributed by atoms with Gasteiger partial charge in [-0.15, -0.1) is 0 Å². The third-order valence-corrected chi connectivity index (χ3v) is 5.64. The summed E-state index contributed by atoms with van der Waals surface area (Å²) in [7, 11) is 0. The predicted octanol–water partition coefficient (Wildman–Crippen LogP) is 4.56. The third-order valence-electron chi connectivity index (χ3n) is 5.64. The third kappa shape index (κ3) is 1.14. The van der Waals surface area contributed by atoms with Crippen molar-refractivity contribution in [2.24, 2.45) is 22.7 Å². The van der Waals surface area contributed by atoms with E-state index < -0.39 is 0 Å². The maximum Gasteiger partial charge on any atom is -0.0110 e. The molecule has 3 aliphatic rings. The smallest absolute Gasteiger partial charge is 0.0110 e. The highest BCUT2D eigenvalue weighted by atomic mass is 14.6. The van der Waals surface area contributed by atoms with Crippen LogP contribution in [0.2, 0.25) is 0 Å². The van der Waals surface area contributed by atoms with Crippen LogP contribution in [0.15, 0.2) is 11.1 Å². The molecule has 0 saturated heterocycles. The van der Waals surface area contributed by atoms with E-state index in [4.69, 9.17) is 0 Å². The van der Waals surface area contributed by atoms with Crippen molar-refractivity contribution in [3.63, 3.8) is 0 Å². The molecule has 0 N–H and O–H groups in total. The summed E-state index contributed by atoms with van der Waals surface area (Å²) < 4.78 is 0. The molecule has 0 amide bonds. The summed E-state index contributed by atoms with van der Waals surface area (Å²) in [6, 6.07) is 0. The minimum atomic E-state index is 0.538. The fourth-order valence-corrected chi connectivity index (χ4v) is 4.52. The van der Waals surface area contributed by atoms with Crippen molar-refractivity contribution in [2.75, 3.05) is 0 Å². The van der Waals surface area contributed by atoms with E-state index in [9.17, 15) is 0 Å². The first-order valence-electron chi connectivity index (χ1n) is 6.65. The van der Waals surface area contributed by atoms with Gasteiger partial charge in [-0.25, -0.2) is 0 Å². The van der Waals surface area contributed by atoms with Crippen molar-refractivity contribution >= 4 is 0 Å². The summed E-state index contributed by atoms with van der Waals surface area (Å²) in [5, 5.41) is 0. The molecule has 0 aromatic rings. The summed E-state index contributed by atoms with van der Waals surface area (Å²) in [6.07, 6.45) is 7.23. The van der Waals surface area contributed by atoms with Crippen molar-refractivity contribution < 1.29 is 0 Å². The zero-order chi connectivity index (χ0) is 10.8. The van der Waals surface area contributed by atoms with Gasteiger partial charge in [0.15, 0.2) is 0 Å². The monoisotopic (exact) mass is 204 g/mol. The van der Waals surface area contributed by atoms with Crippen LogP contribution in [0.3, 0.4) is 0 Å². The Hall–Kier alpha value is -0.260. The molecule has 0 spiro atoms. The normalized spacial score (nSPS) is 40.8. The van der Waals surface area contributed by atoms with Crippen LogP contribution in [0.1, 0.15) is 59.8 Å². The summed E-state index contributed by atoms with van der Waals surface area (Å²) in [4.78, 5) is 0. The van der Waals surface area contributed by atoms with Gasteiger partial charge in [0.05, 0.1) is 0 Å². The molecular formula is C15H24. The first-order chi connectivity index (χ1) is 6.93. The van der Waals surface area contributed by atoms with Crippen LogP contribution in [0.5, 0.6) is 0 Å². The molecule has 0 aromatic carbocycles. The lowest BCUT2D eigenvalue weighted by Crippen LogP contribution is -2.34. The van der Waals surface area contributed by atoms with Gasteiger partial charge in [-0.1, -0.05) is 38.8 Å². The topological polar surface area (TPSA) is 0 Å². The van der Waals surface area contributed by atoms with Crippen molar-refractivity contribution in [2.45, 2.75) is 59.8 Å². The Bertz CT molecular complexity index is 324. The van der Waals surface area contributed by atoms with Crippen LogP contribution in [-0.2, 0) is 0 Å². The molecule has 2 bridgehead atoms. The van der Waals surface area contributed by atoms with Crippen LogP contribution >= 0.6 is 0 Å². The summed E-state index contributed by atoms with van der Waals surface area (Å²) >= 11 is 0. The summed E-state index contributed by atoms with van der Waals surface area (Å²) in [5.74, 6) is 1.90. The van der Waals surface area contributed by atoms with E-state index in [0.29, 0.717) is 10.8 Å². The molecule has 0 nitrogen and oxygen atoms in total. The highest BCUT2D eigenvalue weighted by molar-refractivity contribution is 5.36. The molecule has 2 unspecified atom stereocenters. The highest BCUT2D eigenvalue weighted by Crippen LogP contribution is 2.67. The lowest BCUT2D eigenvalue weighted by molar-refractivity contribution is 0.178. The number of fused-ring (bicyclic) bond motifs is 2. The molecule has 0 aliphatic heterocycles. The number of rotatable bonds is 0. The summed E-state index contributed by atoms with van der Waals surface area (Å²) in [6.45, 7) is 10.00. The van der Waals surface area contributed by atoms with Gasteiger partial charge < -0.3 is 0 Å². The SMILES string of the molecule is CC1(C)CC2CC1C(=C1CCC1)C2(C)C. The van der Waals surface area contributed by atoms with Crippen molar-refractivity contribution in [1.29, 1.82) is 0 Å². The molecule has 3 saturated carbocycles. The highest BCUT2D eigenvalue weighted by Gasteiger charge is 2.57. The van der Waals surface area contributed by atoms with E-state index in [1.807, 2.05) is 11.1 Å². The van der Waals surface area contributed by atoms with E-state index in [2.05, 4.69) is 27.7 Å². The van der Waals surface area contributed by atoms with E-state index in [1.165, 1.54) is 32.1 Å². The maximum atomic E-state index is 2.51. The van der Waals surface area contributed by atoms with E-state index in [0.717, 1.165) is 11.8 Å². The van der Waals surface area contributed by atoms with Crippen molar-refractivity contribution in [3.05, 3.63) is 11.1 Å². The van der Waals surface area contributed by atoms with Crippen LogP contribution < -0.4 is 0 Å². The second-order valence-electron chi connectivity index (χ2n) is 7.27. The second kappa shape index (κ2) is 2.70. The van der Waals surface area contributed by atoms with Crippen LogP contribution in [-0.4, -0.2) is 0 Å². The van der Waals surface area contributed by atoms with Gasteiger partial charge in [-0.05, 0) is 54.8 Å². The van der Waals surface area contributed by atoms with Crippen molar-refractivity contribution in [1.82, 2.24) is 0 Å². The molecule has 3 rings (SSSR count). The minimum absolute atomic E-state index is 0.538. The van der Waals surface area contributed by atoms with Crippen molar-refractivity contribution in [3.8, 4) is 0 Å². The van der Waals surface area contributed by atoms with Crippen LogP contribution in [0.4, 0.5) is 0 Å². The Labute approximate surface area is 94.1 Å². The first kappa shape index (κ1) is 9.93. The number of allylic oxidation sites excluding steroid dienone is 2. The fourth-order valence-electron chi connectivity index (χ4n) is 4.52. The van der Waals surface area contributed by atoms with Gasteiger partial charge in [0.1, 0.15) is 0 Å². The van der Waals surface area contributed by atoms with Gasteiger partial charge in [0, 0.05) is 0 Å². The van der Waals surface area contributed by atoms with E-state index >= 15 is 0 Å². The molecule has 0 heteroatoms. The predicted molar refractivity (Wildman–Crippen MR) is 64.7 cm³/mol. The Balaban J connectivity index is 2.06. The van der Waals surface area contributed by atoms with Gasteiger partial charge in [-0.2, -0.15) is 0 Å². The molecule has 3 fully saturated rings. The van der Waals surface area contributed by atoms with Crippen LogP contribution in [0.25, 0.3) is 0 Å². The number of hydrogen-bond donors (Lipinski definition) is 0. The second-order valence-corrected chi connectivity index (χ2v) is 7.27. The zero-order valence-corrected chi connectivity index (χ0v) is 10.7. The quantitative estimate of drug-likeness (QED) is 0.507. The van der Waals surface area contributed by atoms with E-state index in [1.54, 1.807) is 0 Å². The first-order valence-corrected chi connectivity index (χ1v) is 6.65. The molecule has 2 atom stereocenters. The molecule has 15 heavy (non-hydrogen) atoms. The molecule has 84 valence electrons.